The molecular formula is C15H22FN3O6. The van der Waals surface area contributed by atoms with Gasteiger partial charge in [-0.1, -0.05) is 0 Å². The average molecular weight is 359 g/mol. The first-order valence-corrected chi connectivity index (χ1v) is 7.63. The van der Waals surface area contributed by atoms with Crippen LogP contribution in [0.25, 0.3) is 0 Å². The van der Waals surface area contributed by atoms with Crippen LogP contribution in [0, 0.1) is 6.92 Å². The number of nitrogens with zero attached hydrogens (tertiary/aromatic N) is 1. The number of rotatable bonds is 4. The van der Waals surface area contributed by atoms with E-state index < -0.39 is 46.4 Å². The number of H-pyrrole nitrogens is 1. The van der Waals surface area contributed by atoms with Gasteiger partial charge in [0.2, 0.25) is 0 Å². The Hall–Kier alpha value is -2.04. The average Bonchev–Trinajstić information content (AvgIpc) is 2.62. The smallest absolute Gasteiger partial charge is 0.330 e. The van der Waals surface area contributed by atoms with Crippen LogP contribution in [0.3, 0.4) is 0 Å². The molecule has 0 bridgehead atoms. The molecule has 1 saturated heterocycles. The summed E-state index contributed by atoms with van der Waals surface area (Å²) in [4.78, 5) is 36.8. The highest BCUT2D eigenvalue weighted by atomic mass is 19.1. The van der Waals surface area contributed by atoms with E-state index >= 15 is 4.39 Å². The fourth-order valence-corrected chi connectivity index (χ4v) is 2.79. The molecule has 1 aromatic rings. The Morgan fingerprint density at radius 2 is 2.08 bits per heavy atom. The molecule has 2 heterocycles. The standard InChI is InChI=1S/C15H22FN3O6/c1-7-6-19(12(23)18-9(7)20)10-14(3,16)15(4,24)8(25-10)5-13(2,17)11(21)22/h6,8,10,24H,5,17H2,1-4H3,(H,21,22)(H,18,20,23)/t8-,10+,13?,14+,15+/m1/s1. The second-order valence-electron chi connectivity index (χ2n) is 7.11. The minimum Gasteiger partial charge on any atom is -0.480 e. The van der Waals surface area contributed by atoms with Gasteiger partial charge in [-0.05, 0) is 27.7 Å². The van der Waals surface area contributed by atoms with E-state index in [-0.39, 0.29) is 12.0 Å². The van der Waals surface area contributed by atoms with Crippen LogP contribution >= 0.6 is 0 Å². The van der Waals surface area contributed by atoms with Crippen molar-refractivity contribution < 1.29 is 24.1 Å². The molecule has 2 rings (SSSR count). The zero-order valence-corrected chi connectivity index (χ0v) is 14.4. The Balaban J connectivity index is 2.49. The fraction of sp³-hybridized carbons (Fsp3) is 0.667. The summed E-state index contributed by atoms with van der Waals surface area (Å²) >= 11 is 0. The number of carbonyl (C=O) groups is 1. The van der Waals surface area contributed by atoms with Crippen LogP contribution in [-0.4, -0.2) is 48.6 Å². The minimum absolute atomic E-state index is 0.149. The molecule has 10 heteroatoms. The third-order valence-electron chi connectivity index (χ3n) is 4.87. The molecule has 140 valence electrons. The number of aliphatic carboxylic acids is 1. The molecule has 1 aliphatic heterocycles. The monoisotopic (exact) mass is 359 g/mol. The second kappa shape index (κ2) is 5.75. The van der Waals surface area contributed by atoms with Crippen molar-refractivity contribution in [3.05, 3.63) is 32.6 Å². The molecule has 0 radical (unpaired) electrons. The van der Waals surface area contributed by atoms with E-state index in [9.17, 15) is 19.5 Å². The van der Waals surface area contributed by atoms with Crippen molar-refractivity contribution in [3.8, 4) is 0 Å². The molecule has 0 aliphatic carbocycles. The maximum atomic E-state index is 15.4. The Morgan fingerprint density at radius 1 is 1.52 bits per heavy atom. The summed E-state index contributed by atoms with van der Waals surface area (Å²) in [5.74, 6) is -1.34. The molecule has 0 spiro atoms. The van der Waals surface area contributed by atoms with Crippen molar-refractivity contribution in [2.75, 3.05) is 0 Å². The van der Waals surface area contributed by atoms with E-state index in [1.807, 2.05) is 4.98 Å². The predicted molar refractivity (Wildman–Crippen MR) is 85.0 cm³/mol. The summed E-state index contributed by atoms with van der Waals surface area (Å²) in [5, 5.41) is 19.8. The highest BCUT2D eigenvalue weighted by Crippen LogP contribution is 2.49. The highest BCUT2D eigenvalue weighted by Gasteiger charge is 2.64. The molecule has 0 amide bonds. The van der Waals surface area contributed by atoms with E-state index in [2.05, 4.69) is 0 Å². The lowest BCUT2D eigenvalue weighted by Crippen LogP contribution is -2.56. The van der Waals surface area contributed by atoms with Crippen molar-refractivity contribution in [2.24, 2.45) is 5.73 Å². The predicted octanol–water partition coefficient (Wildman–Crippen LogP) is -0.586. The Kier molecular flexibility index (Phi) is 4.44. The van der Waals surface area contributed by atoms with E-state index in [4.69, 9.17) is 15.6 Å². The van der Waals surface area contributed by atoms with Gasteiger partial charge < -0.3 is 20.7 Å². The molecule has 1 aromatic heterocycles. The number of aryl methyl sites for hydroxylation is 1. The van der Waals surface area contributed by atoms with E-state index in [0.29, 0.717) is 0 Å². The summed E-state index contributed by atoms with van der Waals surface area (Å²) in [6, 6.07) is 0. The number of nitrogens with two attached hydrogens (primary N) is 1. The van der Waals surface area contributed by atoms with Gasteiger partial charge in [-0.3, -0.25) is 19.1 Å². The molecule has 1 aliphatic rings. The van der Waals surface area contributed by atoms with Gasteiger partial charge in [0, 0.05) is 18.2 Å². The van der Waals surface area contributed by atoms with E-state index in [0.717, 1.165) is 24.6 Å². The number of alkyl halides is 1. The Labute approximate surface area is 142 Å². The van der Waals surface area contributed by atoms with Gasteiger partial charge in [0.15, 0.2) is 11.9 Å². The maximum absolute atomic E-state index is 15.4. The molecule has 5 N–H and O–H groups in total. The number of ether oxygens (including phenoxy) is 1. The molecule has 25 heavy (non-hydrogen) atoms. The van der Waals surface area contributed by atoms with Gasteiger partial charge in [0.25, 0.3) is 5.56 Å². The summed E-state index contributed by atoms with van der Waals surface area (Å²) in [6.45, 7) is 4.84. The number of nitrogens with one attached hydrogen (secondary N) is 1. The number of hydrogen-bond acceptors (Lipinski definition) is 6. The van der Waals surface area contributed by atoms with Crippen molar-refractivity contribution in [2.45, 2.75) is 63.3 Å². The number of carboxylic acids is 1. The first-order chi connectivity index (χ1) is 11.2. The lowest BCUT2D eigenvalue weighted by Gasteiger charge is -2.34. The SMILES string of the molecule is Cc1cn([C@H]2O[C@H](CC(C)(N)C(=O)O)[C@](C)(O)[C@@]2(C)F)c(=O)[nH]c1=O. The highest BCUT2D eigenvalue weighted by molar-refractivity contribution is 5.77. The molecule has 1 unspecified atom stereocenters. The van der Waals surface area contributed by atoms with E-state index in [1.165, 1.54) is 13.8 Å². The molecule has 1 fully saturated rings. The van der Waals surface area contributed by atoms with Crippen LogP contribution in [0.5, 0.6) is 0 Å². The van der Waals surface area contributed by atoms with Gasteiger partial charge in [0.05, 0.1) is 6.10 Å². The first-order valence-electron chi connectivity index (χ1n) is 7.63. The van der Waals surface area contributed by atoms with Crippen LogP contribution in [0.1, 0.15) is 39.0 Å². The van der Waals surface area contributed by atoms with Crippen molar-refractivity contribution in [3.63, 3.8) is 0 Å². The molecular weight excluding hydrogens is 337 g/mol. The third-order valence-corrected chi connectivity index (χ3v) is 4.87. The Bertz CT molecular complexity index is 810. The van der Waals surface area contributed by atoms with Crippen molar-refractivity contribution >= 4 is 5.97 Å². The molecule has 9 nitrogen and oxygen atoms in total. The molecule has 0 saturated carbocycles. The zero-order chi connectivity index (χ0) is 19.4. The third kappa shape index (κ3) is 3.00. The largest absolute Gasteiger partial charge is 0.480 e. The summed E-state index contributed by atoms with van der Waals surface area (Å²) in [6.07, 6.45) is -2.12. The van der Waals surface area contributed by atoms with Crippen LogP contribution in [-0.2, 0) is 9.53 Å². The topological polar surface area (TPSA) is 148 Å². The van der Waals surface area contributed by atoms with Gasteiger partial charge >= 0.3 is 11.7 Å². The number of aromatic nitrogens is 2. The lowest BCUT2D eigenvalue weighted by molar-refractivity contribution is -0.146. The Morgan fingerprint density at radius 3 is 2.60 bits per heavy atom. The number of halogens is 1. The first kappa shape index (κ1) is 19.3. The zero-order valence-electron chi connectivity index (χ0n) is 14.4. The summed E-state index contributed by atoms with van der Waals surface area (Å²) < 4.78 is 21.7. The number of hydrogen-bond donors (Lipinski definition) is 4. The van der Waals surface area contributed by atoms with Crippen LogP contribution in [0.2, 0.25) is 0 Å². The molecule has 0 aromatic carbocycles. The van der Waals surface area contributed by atoms with Gasteiger partial charge in [0.1, 0.15) is 11.1 Å². The quantitative estimate of drug-likeness (QED) is 0.562. The van der Waals surface area contributed by atoms with Crippen LogP contribution in [0.15, 0.2) is 15.8 Å². The maximum Gasteiger partial charge on any atom is 0.330 e. The van der Waals surface area contributed by atoms with Gasteiger partial charge in [-0.15, -0.1) is 0 Å². The van der Waals surface area contributed by atoms with Crippen LogP contribution < -0.4 is 17.0 Å². The van der Waals surface area contributed by atoms with Crippen LogP contribution in [0.4, 0.5) is 4.39 Å². The van der Waals surface area contributed by atoms with Gasteiger partial charge in [-0.25, -0.2) is 9.18 Å². The number of aromatic amines is 1. The van der Waals surface area contributed by atoms with Crippen molar-refractivity contribution in [1.82, 2.24) is 9.55 Å². The summed E-state index contributed by atoms with van der Waals surface area (Å²) in [7, 11) is 0. The second-order valence-corrected chi connectivity index (χ2v) is 7.11. The summed E-state index contributed by atoms with van der Waals surface area (Å²) in [5.41, 5.74) is -2.06. The number of carboxylic acid groups (broad SMARTS) is 1. The van der Waals surface area contributed by atoms with Crippen molar-refractivity contribution in [1.29, 1.82) is 0 Å². The normalized spacial score (nSPS) is 34.7. The minimum atomic E-state index is -2.46. The lowest BCUT2D eigenvalue weighted by atomic mass is 9.80. The van der Waals surface area contributed by atoms with Gasteiger partial charge in [-0.2, -0.15) is 0 Å². The fourth-order valence-electron chi connectivity index (χ4n) is 2.79. The molecule has 5 atom stereocenters. The number of aliphatic hydroxyl groups is 1. The van der Waals surface area contributed by atoms with E-state index in [1.54, 1.807) is 0 Å².